The standard InChI is InChI=1S/C12H14N4O4/c1-2-7-5-16(12(19)14-10(7)17)6-8-3-4-9(20-8)11(18)15-13/h3-5H,2,6,13H2,1H3,(H,15,18)(H,14,17,19). The van der Waals surface area contributed by atoms with Crippen molar-refractivity contribution >= 4 is 5.91 Å². The van der Waals surface area contributed by atoms with Gasteiger partial charge in [0.1, 0.15) is 5.76 Å². The number of carbonyl (C=O) groups is 1. The summed E-state index contributed by atoms with van der Waals surface area (Å²) >= 11 is 0. The Balaban J connectivity index is 2.30. The van der Waals surface area contributed by atoms with Crippen LogP contribution in [0.1, 0.15) is 28.8 Å². The van der Waals surface area contributed by atoms with Crippen molar-refractivity contribution in [3.8, 4) is 0 Å². The normalized spacial score (nSPS) is 10.5. The van der Waals surface area contributed by atoms with Crippen LogP contribution in [-0.2, 0) is 13.0 Å². The first-order valence-electron chi connectivity index (χ1n) is 5.97. The minimum Gasteiger partial charge on any atom is -0.454 e. The van der Waals surface area contributed by atoms with E-state index >= 15 is 0 Å². The third kappa shape index (κ3) is 2.69. The fourth-order valence-electron chi connectivity index (χ4n) is 1.75. The van der Waals surface area contributed by atoms with Gasteiger partial charge in [0.25, 0.3) is 5.56 Å². The van der Waals surface area contributed by atoms with Crippen LogP contribution in [0.5, 0.6) is 0 Å². The number of aryl methyl sites for hydroxylation is 1. The van der Waals surface area contributed by atoms with E-state index in [0.29, 0.717) is 17.7 Å². The molecule has 0 aromatic carbocycles. The van der Waals surface area contributed by atoms with Crippen LogP contribution in [0, 0.1) is 0 Å². The molecule has 2 aromatic heterocycles. The van der Waals surface area contributed by atoms with Crippen LogP contribution in [0.15, 0.2) is 32.3 Å². The van der Waals surface area contributed by atoms with Crippen molar-refractivity contribution in [3.05, 3.63) is 56.3 Å². The highest BCUT2D eigenvalue weighted by Crippen LogP contribution is 2.08. The minimum atomic E-state index is -0.556. The van der Waals surface area contributed by atoms with Gasteiger partial charge in [-0.3, -0.25) is 24.6 Å². The topological polar surface area (TPSA) is 123 Å². The molecular weight excluding hydrogens is 264 g/mol. The van der Waals surface area contributed by atoms with Crippen LogP contribution in [0.4, 0.5) is 0 Å². The molecule has 0 saturated heterocycles. The van der Waals surface area contributed by atoms with Gasteiger partial charge in [0.15, 0.2) is 5.76 Å². The summed E-state index contributed by atoms with van der Waals surface area (Å²) in [6.07, 6.45) is 1.99. The Morgan fingerprint density at radius 1 is 1.45 bits per heavy atom. The zero-order chi connectivity index (χ0) is 14.7. The van der Waals surface area contributed by atoms with Crippen molar-refractivity contribution in [2.75, 3.05) is 0 Å². The van der Waals surface area contributed by atoms with Crippen LogP contribution in [0.3, 0.4) is 0 Å². The second-order valence-electron chi connectivity index (χ2n) is 4.13. The Morgan fingerprint density at radius 3 is 2.85 bits per heavy atom. The number of amides is 1. The second-order valence-corrected chi connectivity index (χ2v) is 4.13. The lowest BCUT2D eigenvalue weighted by atomic mass is 10.2. The number of furan rings is 1. The molecule has 0 fully saturated rings. The first-order valence-corrected chi connectivity index (χ1v) is 5.97. The highest BCUT2D eigenvalue weighted by molar-refractivity contribution is 5.90. The van der Waals surface area contributed by atoms with Crippen molar-refractivity contribution in [2.45, 2.75) is 19.9 Å². The van der Waals surface area contributed by atoms with E-state index in [-0.39, 0.29) is 12.3 Å². The molecule has 106 valence electrons. The van der Waals surface area contributed by atoms with Crippen molar-refractivity contribution < 1.29 is 9.21 Å². The highest BCUT2D eigenvalue weighted by atomic mass is 16.4. The minimum absolute atomic E-state index is 0.0516. The maximum atomic E-state index is 11.7. The van der Waals surface area contributed by atoms with E-state index in [9.17, 15) is 14.4 Å². The van der Waals surface area contributed by atoms with Gasteiger partial charge in [-0.05, 0) is 18.6 Å². The lowest BCUT2D eigenvalue weighted by Gasteiger charge is -2.04. The molecule has 20 heavy (non-hydrogen) atoms. The van der Waals surface area contributed by atoms with Gasteiger partial charge in [0, 0.05) is 11.8 Å². The van der Waals surface area contributed by atoms with Crippen molar-refractivity contribution in [1.82, 2.24) is 15.0 Å². The molecule has 0 atom stereocenters. The van der Waals surface area contributed by atoms with Gasteiger partial charge >= 0.3 is 11.6 Å². The number of nitrogen functional groups attached to an aromatic ring is 1. The van der Waals surface area contributed by atoms with Crippen LogP contribution in [-0.4, -0.2) is 15.5 Å². The van der Waals surface area contributed by atoms with Crippen LogP contribution in [0.25, 0.3) is 0 Å². The Morgan fingerprint density at radius 2 is 2.20 bits per heavy atom. The molecule has 2 aromatic rings. The van der Waals surface area contributed by atoms with Gasteiger partial charge in [-0.25, -0.2) is 10.6 Å². The number of hydrazine groups is 1. The number of aromatic amines is 1. The summed E-state index contributed by atoms with van der Waals surface area (Å²) in [6, 6.07) is 3.02. The number of rotatable bonds is 4. The first-order chi connectivity index (χ1) is 9.55. The molecule has 0 aliphatic carbocycles. The number of nitrogens with zero attached hydrogens (tertiary/aromatic N) is 1. The first kappa shape index (κ1) is 13.8. The molecule has 0 aliphatic rings. The number of nitrogens with one attached hydrogen (secondary N) is 2. The number of carbonyl (C=O) groups excluding carboxylic acids is 1. The molecule has 0 bridgehead atoms. The monoisotopic (exact) mass is 278 g/mol. The predicted molar refractivity (Wildman–Crippen MR) is 70.2 cm³/mol. The molecule has 8 nitrogen and oxygen atoms in total. The maximum Gasteiger partial charge on any atom is 0.328 e. The molecule has 4 N–H and O–H groups in total. The SMILES string of the molecule is CCc1cn(Cc2ccc(C(=O)NN)o2)c(=O)[nH]c1=O. The third-order valence-electron chi connectivity index (χ3n) is 2.81. The van der Waals surface area contributed by atoms with Crippen LogP contribution in [0.2, 0.25) is 0 Å². The summed E-state index contributed by atoms with van der Waals surface area (Å²) in [6.45, 7) is 1.93. The van der Waals surface area contributed by atoms with Gasteiger partial charge in [-0.15, -0.1) is 0 Å². The van der Waals surface area contributed by atoms with Gasteiger partial charge in [0.2, 0.25) is 0 Å². The number of hydrogen-bond donors (Lipinski definition) is 3. The Hall–Kier alpha value is -2.61. The molecule has 0 spiro atoms. The lowest BCUT2D eigenvalue weighted by molar-refractivity contribution is 0.0924. The summed E-state index contributed by atoms with van der Waals surface area (Å²) in [4.78, 5) is 36.6. The van der Waals surface area contributed by atoms with E-state index in [1.165, 1.54) is 16.8 Å². The zero-order valence-corrected chi connectivity index (χ0v) is 10.8. The molecular formula is C12H14N4O4. The highest BCUT2D eigenvalue weighted by Gasteiger charge is 2.11. The number of hydrogen-bond acceptors (Lipinski definition) is 5. The second kappa shape index (κ2) is 5.57. The van der Waals surface area contributed by atoms with Gasteiger partial charge in [0.05, 0.1) is 6.54 Å². The van der Waals surface area contributed by atoms with Crippen molar-refractivity contribution in [2.24, 2.45) is 5.84 Å². The van der Waals surface area contributed by atoms with E-state index in [1.54, 1.807) is 6.07 Å². The fraction of sp³-hybridized carbons (Fsp3) is 0.250. The van der Waals surface area contributed by atoms with E-state index in [0.717, 1.165) is 0 Å². The molecule has 8 heteroatoms. The lowest BCUT2D eigenvalue weighted by Crippen LogP contribution is -2.31. The van der Waals surface area contributed by atoms with Crippen LogP contribution >= 0.6 is 0 Å². The Bertz CT molecular complexity index is 740. The summed E-state index contributed by atoms with van der Waals surface area (Å²) in [5, 5.41) is 0. The Kier molecular flexibility index (Phi) is 3.85. The predicted octanol–water partition coefficient (Wildman–Crippen LogP) is -0.656. The molecule has 0 aliphatic heterocycles. The van der Waals surface area contributed by atoms with E-state index in [2.05, 4.69) is 4.98 Å². The average molecular weight is 278 g/mol. The van der Waals surface area contributed by atoms with Crippen LogP contribution < -0.4 is 22.5 Å². The fourth-order valence-corrected chi connectivity index (χ4v) is 1.75. The number of nitrogens with two attached hydrogens (primary N) is 1. The molecule has 2 heterocycles. The van der Waals surface area contributed by atoms with E-state index in [4.69, 9.17) is 10.3 Å². The Labute approximate surface area is 113 Å². The van der Waals surface area contributed by atoms with Gasteiger partial charge in [-0.1, -0.05) is 6.92 Å². The van der Waals surface area contributed by atoms with Gasteiger partial charge < -0.3 is 4.42 Å². The zero-order valence-electron chi connectivity index (χ0n) is 10.8. The number of H-pyrrole nitrogens is 1. The summed E-state index contributed by atoms with van der Waals surface area (Å²) in [7, 11) is 0. The summed E-state index contributed by atoms with van der Waals surface area (Å²) < 4.78 is 6.56. The molecule has 0 unspecified atom stereocenters. The van der Waals surface area contributed by atoms with Gasteiger partial charge in [-0.2, -0.15) is 0 Å². The average Bonchev–Trinajstić information content (AvgIpc) is 2.89. The third-order valence-corrected chi connectivity index (χ3v) is 2.81. The maximum absolute atomic E-state index is 11.7. The molecule has 0 radical (unpaired) electrons. The summed E-state index contributed by atoms with van der Waals surface area (Å²) in [5.41, 5.74) is 1.52. The molecule has 1 amide bonds. The smallest absolute Gasteiger partial charge is 0.328 e. The quantitative estimate of drug-likeness (QED) is 0.389. The largest absolute Gasteiger partial charge is 0.454 e. The van der Waals surface area contributed by atoms with E-state index < -0.39 is 17.2 Å². The van der Waals surface area contributed by atoms with E-state index in [1.807, 2.05) is 12.3 Å². The van der Waals surface area contributed by atoms with Crippen molar-refractivity contribution in [3.63, 3.8) is 0 Å². The summed E-state index contributed by atoms with van der Waals surface area (Å²) in [5.74, 6) is 4.89. The van der Waals surface area contributed by atoms with Crippen molar-refractivity contribution in [1.29, 1.82) is 0 Å². The number of aromatic nitrogens is 2. The molecule has 0 saturated carbocycles. The molecule has 2 rings (SSSR count).